The number of aromatic nitrogens is 2. The topological polar surface area (TPSA) is 81.2 Å². The Kier molecular flexibility index (Phi) is 4.98. The lowest BCUT2D eigenvalue weighted by Crippen LogP contribution is -2.11. The molecule has 6 nitrogen and oxygen atoms in total. The minimum atomic E-state index is -3.47. The third-order valence-electron chi connectivity index (χ3n) is 4.87. The lowest BCUT2D eigenvalue weighted by molar-refractivity contribution is 0.415. The number of hydrogen-bond donors (Lipinski definition) is 1. The second-order valence-corrected chi connectivity index (χ2v) is 8.74. The number of nitrogens with zero attached hydrogens (tertiary/aromatic N) is 1. The third kappa shape index (κ3) is 3.82. The maximum Gasteiger partial charge on any atom is 0.272 e. The lowest BCUT2D eigenvalue weighted by Gasteiger charge is -2.12. The van der Waals surface area contributed by atoms with Crippen LogP contribution in [0.2, 0.25) is 0 Å². The molecule has 7 heteroatoms. The summed E-state index contributed by atoms with van der Waals surface area (Å²) in [4.78, 5) is 12.6. The van der Waals surface area contributed by atoms with Crippen molar-refractivity contribution in [2.45, 2.75) is 17.2 Å². The molecule has 0 saturated heterocycles. The van der Waals surface area contributed by atoms with Gasteiger partial charge in [-0.15, -0.1) is 0 Å². The Balaban J connectivity index is 1.70. The van der Waals surface area contributed by atoms with Gasteiger partial charge in [0.2, 0.25) is 0 Å². The van der Waals surface area contributed by atoms with Crippen LogP contribution in [-0.2, 0) is 22.1 Å². The van der Waals surface area contributed by atoms with Crippen LogP contribution in [0.3, 0.4) is 0 Å². The standard InChI is InChI=1S/C22H20N2O4S/c1-28-18-11-12-21-20(13-18)22(25)23-24(21)14-16-7-5-6-8-17(16)15-29(26,27)19-9-3-2-4-10-19/h2-13H,14-15H2,1H3,(H,23,25). The van der Waals surface area contributed by atoms with Gasteiger partial charge in [0.05, 0.1) is 35.2 Å². The Bertz CT molecular complexity index is 1320. The lowest BCUT2D eigenvalue weighted by atomic mass is 10.1. The first-order chi connectivity index (χ1) is 14.0. The van der Waals surface area contributed by atoms with Gasteiger partial charge in [-0.2, -0.15) is 0 Å². The van der Waals surface area contributed by atoms with Crippen LogP contribution in [-0.4, -0.2) is 25.3 Å². The molecule has 0 atom stereocenters. The Hall–Kier alpha value is -3.32. The van der Waals surface area contributed by atoms with E-state index in [9.17, 15) is 13.2 Å². The number of nitrogens with one attached hydrogen (secondary N) is 1. The van der Waals surface area contributed by atoms with E-state index in [4.69, 9.17) is 4.74 Å². The van der Waals surface area contributed by atoms with E-state index < -0.39 is 9.84 Å². The summed E-state index contributed by atoms with van der Waals surface area (Å²) in [5.41, 5.74) is 2.05. The van der Waals surface area contributed by atoms with Crippen LogP contribution in [0.4, 0.5) is 0 Å². The molecule has 0 aliphatic carbocycles. The molecule has 0 saturated carbocycles. The van der Waals surface area contributed by atoms with Gasteiger partial charge in [0.1, 0.15) is 5.75 Å². The van der Waals surface area contributed by atoms with Gasteiger partial charge in [0.15, 0.2) is 9.84 Å². The molecule has 29 heavy (non-hydrogen) atoms. The molecule has 4 aromatic rings. The molecule has 0 aliphatic heterocycles. The molecule has 1 aromatic heterocycles. The summed E-state index contributed by atoms with van der Waals surface area (Å²) in [6.07, 6.45) is 0. The molecular formula is C22H20N2O4S. The van der Waals surface area contributed by atoms with Crippen LogP contribution in [0, 0.1) is 0 Å². The minimum absolute atomic E-state index is 0.107. The molecule has 3 aromatic carbocycles. The third-order valence-corrected chi connectivity index (χ3v) is 6.55. The number of methoxy groups -OCH3 is 1. The van der Waals surface area contributed by atoms with Crippen molar-refractivity contribution >= 4 is 20.7 Å². The summed E-state index contributed by atoms with van der Waals surface area (Å²) in [5, 5.41) is 3.36. The number of H-pyrrole nitrogens is 1. The van der Waals surface area contributed by atoms with E-state index in [-0.39, 0.29) is 11.3 Å². The molecule has 4 rings (SSSR count). The first-order valence-corrected chi connectivity index (χ1v) is 10.7. The van der Waals surface area contributed by atoms with E-state index in [1.165, 1.54) is 0 Å². The van der Waals surface area contributed by atoms with E-state index in [1.54, 1.807) is 54.3 Å². The molecule has 0 amide bonds. The van der Waals surface area contributed by atoms with Crippen molar-refractivity contribution in [3.8, 4) is 5.75 Å². The van der Waals surface area contributed by atoms with E-state index in [2.05, 4.69) is 5.10 Å². The summed E-state index contributed by atoms with van der Waals surface area (Å²) in [6, 6.07) is 21.1. The summed E-state index contributed by atoms with van der Waals surface area (Å²) < 4.78 is 32.5. The van der Waals surface area contributed by atoms with Crippen molar-refractivity contribution < 1.29 is 13.2 Å². The minimum Gasteiger partial charge on any atom is -0.497 e. The number of rotatable bonds is 6. The van der Waals surface area contributed by atoms with E-state index in [0.717, 1.165) is 11.1 Å². The fraction of sp³-hybridized carbons (Fsp3) is 0.136. The highest BCUT2D eigenvalue weighted by Crippen LogP contribution is 2.22. The summed E-state index contributed by atoms with van der Waals surface area (Å²) in [5.74, 6) is 0.500. The van der Waals surface area contributed by atoms with Crippen LogP contribution in [0.15, 0.2) is 82.5 Å². The maximum atomic E-state index is 12.8. The first kappa shape index (κ1) is 19.0. The second-order valence-electron chi connectivity index (χ2n) is 6.75. The fourth-order valence-electron chi connectivity index (χ4n) is 3.37. The van der Waals surface area contributed by atoms with Gasteiger partial charge in [-0.05, 0) is 41.5 Å². The Morgan fingerprint density at radius 3 is 2.34 bits per heavy atom. The van der Waals surface area contributed by atoms with Gasteiger partial charge < -0.3 is 4.74 Å². The quantitative estimate of drug-likeness (QED) is 0.530. The number of sulfone groups is 1. The van der Waals surface area contributed by atoms with Gasteiger partial charge in [0.25, 0.3) is 5.56 Å². The number of ether oxygens (including phenoxy) is 1. The van der Waals surface area contributed by atoms with Crippen molar-refractivity contribution in [3.05, 3.63) is 94.3 Å². The Morgan fingerprint density at radius 2 is 1.62 bits per heavy atom. The van der Waals surface area contributed by atoms with E-state index in [0.29, 0.717) is 28.1 Å². The van der Waals surface area contributed by atoms with Crippen LogP contribution in [0.5, 0.6) is 5.75 Å². The van der Waals surface area contributed by atoms with E-state index in [1.807, 2.05) is 30.3 Å². The highest BCUT2D eigenvalue weighted by molar-refractivity contribution is 7.90. The van der Waals surface area contributed by atoms with Gasteiger partial charge in [-0.25, -0.2) is 8.42 Å². The summed E-state index contributed by atoms with van der Waals surface area (Å²) in [6.45, 7) is 0.353. The van der Waals surface area contributed by atoms with Gasteiger partial charge in [-0.3, -0.25) is 14.6 Å². The summed E-state index contributed by atoms with van der Waals surface area (Å²) >= 11 is 0. The largest absolute Gasteiger partial charge is 0.497 e. The average Bonchev–Trinajstić information content (AvgIpc) is 3.04. The van der Waals surface area contributed by atoms with Crippen molar-refractivity contribution in [1.29, 1.82) is 0 Å². The van der Waals surface area contributed by atoms with E-state index >= 15 is 0 Å². The monoisotopic (exact) mass is 408 g/mol. The molecule has 0 aliphatic rings. The fourth-order valence-corrected chi connectivity index (χ4v) is 4.80. The van der Waals surface area contributed by atoms with Gasteiger partial charge >= 0.3 is 0 Å². The van der Waals surface area contributed by atoms with Gasteiger partial charge in [-0.1, -0.05) is 42.5 Å². The average molecular weight is 408 g/mol. The highest BCUT2D eigenvalue weighted by Gasteiger charge is 2.17. The highest BCUT2D eigenvalue weighted by atomic mass is 32.2. The zero-order valence-electron chi connectivity index (χ0n) is 15.8. The van der Waals surface area contributed by atoms with Gasteiger partial charge in [0, 0.05) is 0 Å². The zero-order chi connectivity index (χ0) is 20.4. The zero-order valence-corrected chi connectivity index (χ0v) is 16.6. The van der Waals surface area contributed by atoms with Crippen molar-refractivity contribution in [3.63, 3.8) is 0 Å². The molecule has 0 spiro atoms. The molecule has 0 radical (unpaired) electrons. The van der Waals surface area contributed by atoms with Crippen molar-refractivity contribution in [1.82, 2.24) is 9.78 Å². The van der Waals surface area contributed by atoms with Crippen molar-refractivity contribution in [2.75, 3.05) is 7.11 Å². The predicted octanol–water partition coefficient (Wildman–Crippen LogP) is 3.36. The Labute approximate surface area is 168 Å². The maximum absolute atomic E-state index is 12.8. The first-order valence-electron chi connectivity index (χ1n) is 9.09. The molecule has 148 valence electrons. The smallest absolute Gasteiger partial charge is 0.272 e. The molecule has 0 bridgehead atoms. The second kappa shape index (κ2) is 7.60. The van der Waals surface area contributed by atoms with Crippen LogP contribution >= 0.6 is 0 Å². The van der Waals surface area contributed by atoms with Crippen LogP contribution in [0.25, 0.3) is 10.9 Å². The normalized spacial score (nSPS) is 11.6. The van der Waals surface area contributed by atoms with Crippen LogP contribution < -0.4 is 10.3 Å². The molecule has 1 N–H and O–H groups in total. The SMILES string of the molecule is COc1ccc2c(c1)c(=O)[nH]n2Cc1ccccc1CS(=O)(=O)c1ccccc1. The number of fused-ring (bicyclic) bond motifs is 1. The summed E-state index contributed by atoms with van der Waals surface area (Å²) in [7, 11) is -1.92. The molecule has 0 fully saturated rings. The number of aromatic amines is 1. The van der Waals surface area contributed by atoms with Crippen LogP contribution in [0.1, 0.15) is 11.1 Å². The molecule has 1 heterocycles. The Morgan fingerprint density at radius 1 is 0.931 bits per heavy atom. The molecule has 0 unspecified atom stereocenters. The predicted molar refractivity (Wildman–Crippen MR) is 112 cm³/mol. The number of hydrogen-bond acceptors (Lipinski definition) is 4. The van der Waals surface area contributed by atoms with Crippen molar-refractivity contribution in [2.24, 2.45) is 0 Å². The number of benzene rings is 3. The molecular weight excluding hydrogens is 388 g/mol.